The number of halogens is 6. The van der Waals surface area contributed by atoms with Crippen molar-refractivity contribution in [3.63, 3.8) is 0 Å². The second-order valence-corrected chi connectivity index (χ2v) is 10.3. The standard InChI is InChI=1S/C20H28N4OS.2C2HF3O2/c1-17-22-19(15-26-17)14-23-8-3-5-20(6-9-23)16-24(10-11-25-20)13-18-4-2-7-21-12-18;2*3-2(4,5)1(6)7/h2,4,7,12,15H,3,5-6,8-11,13-14,16H2,1H3;2*(H,6,7). The molecule has 2 N–H and O–H groups in total. The number of hydrogen-bond donors (Lipinski definition) is 2. The molecule has 0 amide bonds. The first-order valence-electron chi connectivity index (χ1n) is 12.1. The van der Waals surface area contributed by atoms with E-state index in [1.165, 1.54) is 17.7 Å². The molecular weight excluding hydrogens is 570 g/mol. The minimum absolute atomic E-state index is 0.0210. The average molecular weight is 601 g/mol. The molecule has 2 aromatic heterocycles. The number of pyridine rings is 1. The number of nitrogens with zero attached hydrogens (tertiary/aromatic N) is 4. The van der Waals surface area contributed by atoms with Crippen LogP contribution in [0, 0.1) is 6.92 Å². The van der Waals surface area contributed by atoms with E-state index in [0.29, 0.717) is 0 Å². The maximum absolute atomic E-state index is 10.6. The van der Waals surface area contributed by atoms with Gasteiger partial charge in [-0.15, -0.1) is 11.3 Å². The molecule has 4 rings (SSSR count). The fourth-order valence-electron chi connectivity index (χ4n) is 4.20. The lowest BCUT2D eigenvalue weighted by atomic mass is 9.92. The Morgan fingerprint density at radius 2 is 1.68 bits per heavy atom. The number of carboxylic acid groups (broad SMARTS) is 2. The van der Waals surface area contributed by atoms with Crippen LogP contribution in [0.5, 0.6) is 0 Å². The molecule has 40 heavy (non-hydrogen) atoms. The van der Waals surface area contributed by atoms with Gasteiger partial charge in [-0.05, 0) is 44.4 Å². The van der Waals surface area contributed by atoms with E-state index in [9.17, 15) is 26.3 Å². The smallest absolute Gasteiger partial charge is 0.475 e. The highest BCUT2D eigenvalue weighted by atomic mass is 32.1. The van der Waals surface area contributed by atoms with E-state index in [-0.39, 0.29) is 5.60 Å². The van der Waals surface area contributed by atoms with E-state index in [1.807, 2.05) is 18.5 Å². The Hall–Kier alpha value is -2.82. The first kappa shape index (κ1) is 33.4. The van der Waals surface area contributed by atoms with E-state index >= 15 is 0 Å². The summed E-state index contributed by atoms with van der Waals surface area (Å²) in [7, 11) is 0. The van der Waals surface area contributed by atoms with Gasteiger partial charge in [0.1, 0.15) is 0 Å². The molecular formula is C24H30F6N4O5S. The first-order valence-corrected chi connectivity index (χ1v) is 13.0. The average Bonchev–Trinajstić information content (AvgIpc) is 3.17. The van der Waals surface area contributed by atoms with E-state index in [0.717, 1.165) is 63.7 Å². The largest absolute Gasteiger partial charge is 0.490 e. The number of rotatable bonds is 4. The van der Waals surface area contributed by atoms with E-state index in [2.05, 4.69) is 38.1 Å². The topological polar surface area (TPSA) is 116 Å². The third-order valence-corrected chi connectivity index (χ3v) is 6.81. The van der Waals surface area contributed by atoms with Gasteiger partial charge in [-0.2, -0.15) is 26.3 Å². The molecule has 4 heterocycles. The van der Waals surface area contributed by atoms with Crippen LogP contribution in [0.15, 0.2) is 29.9 Å². The summed E-state index contributed by atoms with van der Waals surface area (Å²) in [6.07, 6.45) is -2.88. The van der Waals surface area contributed by atoms with Gasteiger partial charge in [0.05, 0.1) is 22.9 Å². The van der Waals surface area contributed by atoms with Gasteiger partial charge in [0.2, 0.25) is 0 Å². The van der Waals surface area contributed by atoms with Crippen LogP contribution in [0.25, 0.3) is 0 Å². The molecule has 0 aromatic carbocycles. The summed E-state index contributed by atoms with van der Waals surface area (Å²) in [6, 6.07) is 4.19. The number of likely N-dealkylation sites (tertiary alicyclic amines) is 1. The Morgan fingerprint density at radius 1 is 1.02 bits per heavy atom. The summed E-state index contributed by atoms with van der Waals surface area (Å²) in [5.74, 6) is -5.51. The summed E-state index contributed by atoms with van der Waals surface area (Å²) in [5, 5.41) is 17.6. The highest BCUT2D eigenvalue weighted by Gasteiger charge is 2.39. The van der Waals surface area contributed by atoms with Gasteiger partial charge < -0.3 is 14.9 Å². The Labute approximate surface area is 230 Å². The van der Waals surface area contributed by atoms with E-state index < -0.39 is 24.3 Å². The van der Waals surface area contributed by atoms with Crippen LogP contribution in [-0.4, -0.2) is 92.7 Å². The number of aromatic nitrogens is 2. The number of aliphatic carboxylic acids is 2. The van der Waals surface area contributed by atoms with Crippen molar-refractivity contribution < 1.29 is 50.9 Å². The highest BCUT2D eigenvalue weighted by molar-refractivity contribution is 7.09. The maximum Gasteiger partial charge on any atom is 0.490 e. The monoisotopic (exact) mass is 600 g/mol. The molecule has 2 fully saturated rings. The molecule has 2 aliphatic heterocycles. The van der Waals surface area contributed by atoms with Gasteiger partial charge in [-0.25, -0.2) is 14.6 Å². The zero-order valence-electron chi connectivity index (χ0n) is 21.5. The fourth-order valence-corrected chi connectivity index (χ4v) is 4.81. The maximum atomic E-state index is 10.6. The lowest BCUT2D eigenvalue weighted by molar-refractivity contribution is -0.193. The molecule has 9 nitrogen and oxygen atoms in total. The van der Waals surface area contributed by atoms with Crippen LogP contribution < -0.4 is 0 Å². The second kappa shape index (κ2) is 14.7. The third kappa shape index (κ3) is 11.7. The van der Waals surface area contributed by atoms with Crippen molar-refractivity contribution in [3.05, 3.63) is 46.2 Å². The van der Waals surface area contributed by atoms with Crippen molar-refractivity contribution in [3.8, 4) is 0 Å². The molecule has 0 saturated carbocycles. The first-order chi connectivity index (χ1) is 18.6. The molecule has 2 aliphatic rings. The van der Waals surface area contributed by atoms with Gasteiger partial charge in [0.25, 0.3) is 0 Å². The normalized spacial score (nSPS) is 20.5. The van der Waals surface area contributed by atoms with Crippen molar-refractivity contribution >= 4 is 23.3 Å². The Bertz CT molecular complexity index is 1060. The van der Waals surface area contributed by atoms with Crippen molar-refractivity contribution in [2.45, 2.75) is 57.2 Å². The number of hydrogen-bond acceptors (Lipinski definition) is 8. The number of thiazole rings is 1. The second-order valence-electron chi connectivity index (χ2n) is 9.20. The fraction of sp³-hybridized carbons (Fsp3) is 0.583. The number of alkyl halides is 6. The molecule has 1 atom stereocenters. The number of morpholine rings is 1. The Kier molecular flexibility index (Phi) is 12.3. The van der Waals surface area contributed by atoms with Crippen LogP contribution in [-0.2, 0) is 27.4 Å². The Balaban J connectivity index is 0.000000333. The van der Waals surface area contributed by atoms with Gasteiger partial charge in [0, 0.05) is 50.5 Å². The quantitative estimate of drug-likeness (QED) is 0.494. The third-order valence-electron chi connectivity index (χ3n) is 5.98. The predicted molar refractivity (Wildman–Crippen MR) is 132 cm³/mol. The van der Waals surface area contributed by atoms with Crippen molar-refractivity contribution in [1.82, 2.24) is 19.8 Å². The molecule has 0 radical (unpaired) electrons. The lowest BCUT2D eigenvalue weighted by Crippen LogP contribution is -2.51. The van der Waals surface area contributed by atoms with Gasteiger partial charge in [0.15, 0.2) is 0 Å². The molecule has 224 valence electrons. The van der Waals surface area contributed by atoms with Gasteiger partial charge in [-0.1, -0.05) is 6.07 Å². The summed E-state index contributed by atoms with van der Waals surface area (Å²) in [5.41, 5.74) is 2.53. The highest BCUT2D eigenvalue weighted by Crippen LogP contribution is 2.31. The lowest BCUT2D eigenvalue weighted by Gasteiger charge is -2.42. The van der Waals surface area contributed by atoms with Gasteiger partial charge in [-0.3, -0.25) is 14.8 Å². The molecule has 0 bridgehead atoms. The molecule has 1 spiro atoms. The van der Waals surface area contributed by atoms with E-state index in [4.69, 9.17) is 24.5 Å². The molecule has 0 aliphatic carbocycles. The minimum atomic E-state index is -5.08. The summed E-state index contributed by atoms with van der Waals surface area (Å²) < 4.78 is 69.8. The van der Waals surface area contributed by atoms with Crippen LogP contribution in [0.4, 0.5) is 26.3 Å². The van der Waals surface area contributed by atoms with Crippen molar-refractivity contribution in [2.75, 3.05) is 32.8 Å². The Morgan fingerprint density at radius 3 is 2.20 bits per heavy atom. The molecule has 2 saturated heterocycles. The minimum Gasteiger partial charge on any atom is -0.475 e. The zero-order chi connectivity index (χ0) is 30.0. The number of carbonyl (C=O) groups is 2. The molecule has 2 aromatic rings. The van der Waals surface area contributed by atoms with Crippen molar-refractivity contribution in [1.29, 1.82) is 0 Å². The van der Waals surface area contributed by atoms with Crippen LogP contribution >= 0.6 is 11.3 Å². The number of ether oxygens (including phenoxy) is 1. The molecule has 1 unspecified atom stereocenters. The van der Waals surface area contributed by atoms with Crippen molar-refractivity contribution in [2.24, 2.45) is 0 Å². The zero-order valence-corrected chi connectivity index (χ0v) is 22.4. The van der Waals surface area contributed by atoms with Gasteiger partial charge >= 0.3 is 24.3 Å². The van der Waals surface area contributed by atoms with Crippen LogP contribution in [0.3, 0.4) is 0 Å². The van der Waals surface area contributed by atoms with Crippen LogP contribution in [0.2, 0.25) is 0 Å². The number of carboxylic acids is 2. The molecule has 16 heteroatoms. The SMILES string of the molecule is Cc1nc(CN2CCCC3(CC2)CN(Cc2cccnc2)CCO3)cs1.O=C(O)C(F)(F)F.O=C(O)C(F)(F)F. The van der Waals surface area contributed by atoms with E-state index in [1.54, 1.807) is 11.3 Å². The summed E-state index contributed by atoms with van der Waals surface area (Å²) >= 11 is 1.75. The van der Waals surface area contributed by atoms with Crippen LogP contribution in [0.1, 0.15) is 35.5 Å². The number of aryl methyl sites for hydroxylation is 1. The summed E-state index contributed by atoms with van der Waals surface area (Å²) in [4.78, 5) is 31.8. The predicted octanol–water partition coefficient (Wildman–Crippen LogP) is 4.37. The summed E-state index contributed by atoms with van der Waals surface area (Å²) in [6.45, 7) is 9.15.